The normalized spacial score (nSPS) is 41.5. The molecule has 3 nitrogen and oxygen atoms in total. The maximum atomic E-state index is 11.1. The molecule has 11 heavy (non-hydrogen) atoms. The van der Waals surface area contributed by atoms with Crippen molar-refractivity contribution >= 4 is 11.8 Å². The van der Waals surface area contributed by atoms with Crippen molar-refractivity contribution in [1.29, 1.82) is 0 Å². The largest absolute Gasteiger partial charge is 0.481 e. The Morgan fingerprint density at radius 2 is 2.18 bits per heavy atom. The molecule has 0 aliphatic heterocycles. The number of fused-ring (bicyclic) bond motifs is 2. The van der Waals surface area contributed by atoms with Crippen molar-refractivity contribution in [3.63, 3.8) is 0 Å². The summed E-state index contributed by atoms with van der Waals surface area (Å²) >= 11 is 0. The Kier molecular flexibility index (Phi) is 1.28. The summed E-state index contributed by atoms with van der Waals surface area (Å²) in [4.78, 5) is 21.7. The standard InChI is InChI=1S/C8H10O3/c9-6-3-4-1-2-5(6)7(4)8(10)11/h4-5,7H,1-3H2,(H,10,11)/t4-,5-,7+/m1/s1. The lowest BCUT2D eigenvalue weighted by molar-refractivity contribution is -0.144. The molecule has 0 aromatic rings. The molecule has 3 atom stereocenters. The summed E-state index contributed by atoms with van der Waals surface area (Å²) in [5.41, 5.74) is 0. The first kappa shape index (κ1) is 6.83. The molecule has 2 aliphatic rings. The highest BCUT2D eigenvalue weighted by atomic mass is 16.4. The van der Waals surface area contributed by atoms with Crippen molar-refractivity contribution in [2.75, 3.05) is 0 Å². The molecule has 2 rings (SSSR count). The van der Waals surface area contributed by atoms with E-state index in [2.05, 4.69) is 0 Å². The summed E-state index contributed by atoms with van der Waals surface area (Å²) in [5.74, 6) is -0.929. The van der Waals surface area contributed by atoms with Crippen LogP contribution in [0.25, 0.3) is 0 Å². The highest BCUT2D eigenvalue weighted by Crippen LogP contribution is 2.47. The summed E-state index contributed by atoms with van der Waals surface area (Å²) < 4.78 is 0. The molecular formula is C8H10O3. The van der Waals surface area contributed by atoms with E-state index in [-0.39, 0.29) is 23.5 Å². The van der Waals surface area contributed by atoms with Gasteiger partial charge in [0.05, 0.1) is 5.92 Å². The minimum atomic E-state index is -0.775. The SMILES string of the molecule is O=C(O)[C@H]1[C@@H]2CC[C@@H]1C(=O)C2. The molecule has 0 saturated heterocycles. The first-order chi connectivity index (χ1) is 5.20. The van der Waals surface area contributed by atoms with Gasteiger partial charge < -0.3 is 5.11 Å². The molecule has 2 aliphatic carbocycles. The summed E-state index contributed by atoms with van der Waals surface area (Å²) in [6.07, 6.45) is 2.26. The Morgan fingerprint density at radius 1 is 1.45 bits per heavy atom. The Morgan fingerprint density at radius 3 is 2.45 bits per heavy atom. The lowest BCUT2D eigenvalue weighted by atomic mass is 9.98. The molecule has 0 amide bonds. The molecule has 0 unspecified atom stereocenters. The molecule has 1 N–H and O–H groups in total. The molecule has 2 saturated carbocycles. The van der Waals surface area contributed by atoms with Crippen LogP contribution in [0.3, 0.4) is 0 Å². The highest BCUT2D eigenvalue weighted by molar-refractivity contribution is 5.91. The number of aliphatic carboxylic acids is 1. The van der Waals surface area contributed by atoms with Gasteiger partial charge in [0, 0.05) is 12.3 Å². The van der Waals surface area contributed by atoms with Gasteiger partial charge in [-0.05, 0) is 18.8 Å². The van der Waals surface area contributed by atoms with Crippen molar-refractivity contribution in [2.45, 2.75) is 19.3 Å². The van der Waals surface area contributed by atoms with Crippen LogP contribution in [0.4, 0.5) is 0 Å². The number of ketones is 1. The number of hydrogen-bond acceptors (Lipinski definition) is 2. The second kappa shape index (κ2) is 2.06. The van der Waals surface area contributed by atoms with Crippen molar-refractivity contribution in [1.82, 2.24) is 0 Å². The van der Waals surface area contributed by atoms with E-state index in [0.717, 1.165) is 12.8 Å². The van der Waals surface area contributed by atoms with Crippen LogP contribution in [0.2, 0.25) is 0 Å². The van der Waals surface area contributed by atoms with Crippen molar-refractivity contribution in [2.24, 2.45) is 17.8 Å². The Labute approximate surface area is 64.4 Å². The fourth-order valence-corrected chi connectivity index (χ4v) is 2.46. The van der Waals surface area contributed by atoms with Crippen LogP contribution < -0.4 is 0 Å². The number of carbonyl (C=O) groups is 2. The number of carboxylic acids is 1. The van der Waals surface area contributed by atoms with E-state index in [1.165, 1.54) is 0 Å². The minimum absolute atomic E-state index is 0.141. The number of rotatable bonds is 1. The number of carboxylic acid groups (broad SMARTS) is 1. The topological polar surface area (TPSA) is 54.4 Å². The highest BCUT2D eigenvalue weighted by Gasteiger charge is 2.50. The second-order valence-electron chi connectivity index (χ2n) is 3.48. The first-order valence-corrected chi connectivity index (χ1v) is 3.95. The Balaban J connectivity index is 2.25. The van der Waals surface area contributed by atoms with Crippen molar-refractivity contribution < 1.29 is 14.7 Å². The van der Waals surface area contributed by atoms with Crippen LogP contribution in [0, 0.1) is 17.8 Å². The quantitative estimate of drug-likeness (QED) is 0.604. The fourth-order valence-electron chi connectivity index (χ4n) is 2.46. The lowest BCUT2D eigenvalue weighted by Gasteiger charge is -2.05. The summed E-state index contributed by atoms with van der Waals surface area (Å²) in [6.45, 7) is 0. The van der Waals surface area contributed by atoms with Gasteiger partial charge in [-0.2, -0.15) is 0 Å². The average Bonchev–Trinajstić information content (AvgIpc) is 2.41. The van der Waals surface area contributed by atoms with E-state index in [1.54, 1.807) is 0 Å². The van der Waals surface area contributed by atoms with E-state index in [1.807, 2.05) is 0 Å². The predicted molar refractivity (Wildman–Crippen MR) is 37.0 cm³/mol. The van der Waals surface area contributed by atoms with E-state index in [9.17, 15) is 9.59 Å². The molecule has 0 aromatic carbocycles. The molecule has 2 bridgehead atoms. The van der Waals surface area contributed by atoms with Gasteiger partial charge in [0.15, 0.2) is 0 Å². The number of Topliss-reactive ketones (excluding diaryl/α,β-unsaturated/α-hetero) is 1. The van der Waals surface area contributed by atoms with E-state index >= 15 is 0 Å². The fraction of sp³-hybridized carbons (Fsp3) is 0.750. The lowest BCUT2D eigenvalue weighted by Crippen LogP contribution is -2.19. The van der Waals surface area contributed by atoms with Gasteiger partial charge in [0.1, 0.15) is 5.78 Å². The molecule has 0 spiro atoms. The third kappa shape index (κ3) is 0.800. The van der Waals surface area contributed by atoms with E-state index in [0.29, 0.717) is 6.42 Å². The van der Waals surface area contributed by atoms with Gasteiger partial charge in [-0.15, -0.1) is 0 Å². The first-order valence-electron chi connectivity index (χ1n) is 3.95. The molecule has 0 radical (unpaired) electrons. The maximum Gasteiger partial charge on any atom is 0.307 e. The van der Waals surface area contributed by atoms with Crippen LogP contribution in [0.5, 0.6) is 0 Å². The maximum absolute atomic E-state index is 11.1. The van der Waals surface area contributed by atoms with Gasteiger partial charge in [0.25, 0.3) is 0 Å². The number of carbonyl (C=O) groups excluding carboxylic acids is 1. The average molecular weight is 154 g/mol. The monoisotopic (exact) mass is 154 g/mol. The van der Waals surface area contributed by atoms with Gasteiger partial charge in [0.2, 0.25) is 0 Å². The van der Waals surface area contributed by atoms with Crippen LogP contribution >= 0.6 is 0 Å². The van der Waals surface area contributed by atoms with E-state index < -0.39 is 5.97 Å². The molecular weight excluding hydrogens is 144 g/mol. The van der Waals surface area contributed by atoms with Gasteiger partial charge in [-0.3, -0.25) is 9.59 Å². The van der Waals surface area contributed by atoms with Crippen LogP contribution in [-0.4, -0.2) is 16.9 Å². The molecule has 3 heteroatoms. The minimum Gasteiger partial charge on any atom is -0.481 e. The Hall–Kier alpha value is -0.860. The van der Waals surface area contributed by atoms with Gasteiger partial charge in [-0.25, -0.2) is 0 Å². The third-order valence-electron chi connectivity index (χ3n) is 2.95. The Bertz CT molecular complexity index is 221. The second-order valence-corrected chi connectivity index (χ2v) is 3.48. The zero-order chi connectivity index (χ0) is 8.01. The smallest absolute Gasteiger partial charge is 0.307 e. The van der Waals surface area contributed by atoms with Gasteiger partial charge in [-0.1, -0.05) is 0 Å². The molecule has 60 valence electrons. The van der Waals surface area contributed by atoms with E-state index in [4.69, 9.17) is 5.11 Å². The molecule has 0 heterocycles. The number of hydrogen-bond donors (Lipinski definition) is 1. The van der Waals surface area contributed by atoms with Gasteiger partial charge >= 0.3 is 5.97 Å². The molecule has 2 fully saturated rings. The summed E-state index contributed by atoms with van der Waals surface area (Å²) in [7, 11) is 0. The predicted octanol–water partition coefficient (Wildman–Crippen LogP) is 0.686. The third-order valence-corrected chi connectivity index (χ3v) is 2.95. The summed E-state index contributed by atoms with van der Waals surface area (Å²) in [6, 6.07) is 0. The zero-order valence-corrected chi connectivity index (χ0v) is 6.12. The van der Waals surface area contributed by atoms with Crippen molar-refractivity contribution in [3.8, 4) is 0 Å². The van der Waals surface area contributed by atoms with Crippen molar-refractivity contribution in [3.05, 3.63) is 0 Å². The van der Waals surface area contributed by atoms with Crippen LogP contribution in [0.15, 0.2) is 0 Å². The molecule has 0 aromatic heterocycles. The van der Waals surface area contributed by atoms with Crippen LogP contribution in [0.1, 0.15) is 19.3 Å². The summed E-state index contributed by atoms with van der Waals surface area (Å²) in [5, 5.41) is 8.76. The zero-order valence-electron chi connectivity index (χ0n) is 6.12. The van der Waals surface area contributed by atoms with Crippen LogP contribution in [-0.2, 0) is 9.59 Å².